The molecule has 1 amide bonds. The van der Waals surface area contributed by atoms with Gasteiger partial charge in [-0.15, -0.1) is 0 Å². The van der Waals surface area contributed by atoms with Crippen LogP contribution < -0.4 is 5.32 Å². The summed E-state index contributed by atoms with van der Waals surface area (Å²) >= 11 is 0. The number of nitrogens with one attached hydrogen (secondary N) is 2. The predicted octanol–water partition coefficient (Wildman–Crippen LogP) is 2.11. The fourth-order valence-corrected chi connectivity index (χ4v) is 6.24. The molecule has 0 radical (unpaired) electrons. The minimum Gasteiger partial charge on any atom is -0.309 e. The molecule has 2 saturated carbocycles. The van der Waals surface area contributed by atoms with E-state index in [0.717, 1.165) is 25.0 Å². The summed E-state index contributed by atoms with van der Waals surface area (Å²) in [5, 5.41) is 10.1. The van der Waals surface area contributed by atoms with Gasteiger partial charge in [-0.3, -0.25) is 9.89 Å². The zero-order chi connectivity index (χ0) is 19.3. The molecule has 3 atom stereocenters. The molecule has 28 heavy (non-hydrogen) atoms. The fourth-order valence-electron chi connectivity index (χ4n) is 4.54. The maximum atomic E-state index is 13.1. The number of hydrogen-bond acceptors (Lipinski definition) is 5. The number of H-pyrrole nitrogens is 1. The molecule has 2 aliphatic heterocycles. The van der Waals surface area contributed by atoms with E-state index in [0.29, 0.717) is 31.1 Å². The second-order valence-electron chi connectivity index (χ2n) is 8.07. The van der Waals surface area contributed by atoms with Crippen molar-refractivity contribution in [1.82, 2.24) is 19.5 Å². The van der Waals surface area contributed by atoms with Gasteiger partial charge in [-0.1, -0.05) is 6.07 Å². The van der Waals surface area contributed by atoms with Crippen molar-refractivity contribution in [3.05, 3.63) is 36.2 Å². The number of nitrogens with zero attached hydrogens (tertiary/aromatic N) is 3. The fraction of sp³-hybridized carbons (Fsp3) is 0.526. The Kier molecular flexibility index (Phi) is 4.24. The Balaban J connectivity index is 1.36. The monoisotopic (exact) mass is 401 g/mol. The molecule has 2 bridgehead atoms. The molecule has 4 fully saturated rings. The minimum absolute atomic E-state index is 0.0445. The smallest absolute Gasteiger partial charge is 0.260 e. The van der Waals surface area contributed by atoms with Crippen molar-refractivity contribution in [1.29, 1.82) is 0 Å². The van der Waals surface area contributed by atoms with Gasteiger partial charge in [0.25, 0.3) is 10.0 Å². The van der Waals surface area contributed by atoms with Gasteiger partial charge in [0.15, 0.2) is 10.8 Å². The van der Waals surface area contributed by atoms with Crippen molar-refractivity contribution in [2.24, 2.45) is 11.8 Å². The number of rotatable bonds is 5. The highest BCUT2D eigenvalue weighted by molar-refractivity contribution is 7.89. The first kappa shape index (κ1) is 17.8. The van der Waals surface area contributed by atoms with Crippen LogP contribution >= 0.6 is 0 Å². The molecular formula is C19H23N5O3S. The maximum absolute atomic E-state index is 13.1. The lowest BCUT2D eigenvalue weighted by Crippen LogP contribution is -2.57. The number of amides is 1. The lowest BCUT2D eigenvalue weighted by Gasteiger charge is -2.47. The zero-order valence-corrected chi connectivity index (χ0v) is 16.2. The second-order valence-corrected chi connectivity index (χ2v) is 9.91. The maximum Gasteiger partial charge on any atom is 0.260 e. The average Bonchev–Trinajstić information content (AvgIpc) is 3.48. The standard InChI is InChI=1S/C19H23N5O3S/c25-19(21-17-10-15(22-23-17)13-5-6-13)14-9-12-4-7-16(14)24(11-12)28(26,27)18-3-1-2-8-20-18/h1-3,8,10,12-14,16H,4-7,9,11H2,(H2,21,22,23,25). The van der Waals surface area contributed by atoms with Gasteiger partial charge in [0.05, 0.1) is 5.92 Å². The molecule has 8 nitrogen and oxygen atoms in total. The van der Waals surface area contributed by atoms with Crippen molar-refractivity contribution in [2.75, 3.05) is 11.9 Å². The molecule has 3 unspecified atom stereocenters. The number of carbonyl (C=O) groups excluding carboxylic acids is 1. The molecule has 4 aliphatic rings. The van der Waals surface area contributed by atoms with E-state index in [-0.39, 0.29) is 28.8 Å². The summed E-state index contributed by atoms with van der Waals surface area (Å²) in [6.45, 7) is 0.460. The summed E-state index contributed by atoms with van der Waals surface area (Å²) < 4.78 is 27.7. The van der Waals surface area contributed by atoms with E-state index in [4.69, 9.17) is 0 Å². The van der Waals surface area contributed by atoms with Gasteiger partial charge in [-0.2, -0.15) is 9.40 Å². The molecule has 148 valence electrons. The third-order valence-electron chi connectivity index (χ3n) is 6.14. The van der Waals surface area contributed by atoms with E-state index in [1.54, 1.807) is 12.1 Å². The number of sulfonamides is 1. The van der Waals surface area contributed by atoms with E-state index >= 15 is 0 Å². The van der Waals surface area contributed by atoms with Gasteiger partial charge in [0, 0.05) is 36.5 Å². The Bertz CT molecular complexity index is 986. The van der Waals surface area contributed by atoms with Crippen molar-refractivity contribution in [3.8, 4) is 0 Å². The molecule has 2 aliphatic carbocycles. The van der Waals surface area contributed by atoms with E-state index in [9.17, 15) is 13.2 Å². The third-order valence-corrected chi connectivity index (χ3v) is 7.95. The van der Waals surface area contributed by atoms with Crippen molar-refractivity contribution in [2.45, 2.75) is 49.1 Å². The largest absolute Gasteiger partial charge is 0.309 e. The summed E-state index contributed by atoms with van der Waals surface area (Å²) in [5.74, 6) is 0.729. The summed E-state index contributed by atoms with van der Waals surface area (Å²) in [5.41, 5.74) is 1.06. The average molecular weight is 401 g/mol. The molecule has 9 heteroatoms. The lowest BCUT2D eigenvalue weighted by molar-refractivity contribution is -0.125. The number of aromatic amines is 1. The number of fused-ring (bicyclic) bond motifs is 3. The Labute approximate surface area is 163 Å². The zero-order valence-electron chi connectivity index (χ0n) is 15.4. The van der Waals surface area contributed by atoms with Crippen LogP contribution in [0.15, 0.2) is 35.5 Å². The number of piperidine rings is 2. The summed E-state index contributed by atoms with van der Waals surface area (Å²) in [4.78, 5) is 17.0. The molecule has 2 aromatic heterocycles. The highest BCUT2D eigenvalue weighted by Crippen LogP contribution is 2.42. The van der Waals surface area contributed by atoms with Gasteiger partial charge in [-0.25, -0.2) is 13.4 Å². The summed E-state index contributed by atoms with van der Waals surface area (Å²) in [6, 6.07) is 6.42. The van der Waals surface area contributed by atoms with Crippen LogP contribution in [0, 0.1) is 11.8 Å². The van der Waals surface area contributed by atoms with Gasteiger partial charge >= 0.3 is 0 Å². The first-order chi connectivity index (χ1) is 13.5. The van der Waals surface area contributed by atoms with Crippen LogP contribution in [-0.4, -0.2) is 46.4 Å². The van der Waals surface area contributed by atoms with Crippen LogP contribution in [-0.2, 0) is 14.8 Å². The van der Waals surface area contributed by atoms with Crippen molar-refractivity contribution >= 4 is 21.7 Å². The van der Waals surface area contributed by atoms with Crippen LogP contribution in [0.4, 0.5) is 5.82 Å². The Morgan fingerprint density at radius 2 is 2.07 bits per heavy atom. The van der Waals surface area contributed by atoms with Gasteiger partial charge in [0.1, 0.15) is 0 Å². The SMILES string of the molecule is O=C(Nc1cc(C2CC2)[nH]n1)C1CC2CCC1N(S(=O)(=O)c1ccccn1)C2. The van der Waals surface area contributed by atoms with E-state index in [2.05, 4.69) is 20.5 Å². The third kappa shape index (κ3) is 3.12. The number of aromatic nitrogens is 3. The van der Waals surface area contributed by atoms with Crippen LogP contribution in [0.2, 0.25) is 0 Å². The number of anilines is 1. The first-order valence-corrected chi connectivity index (χ1v) is 11.3. The van der Waals surface area contributed by atoms with Gasteiger partial charge < -0.3 is 5.32 Å². The lowest BCUT2D eigenvalue weighted by atomic mass is 9.73. The summed E-state index contributed by atoms with van der Waals surface area (Å²) in [7, 11) is -3.71. The van der Waals surface area contributed by atoms with Crippen molar-refractivity contribution in [3.63, 3.8) is 0 Å². The molecule has 0 spiro atoms. The first-order valence-electron chi connectivity index (χ1n) is 9.81. The molecule has 4 heterocycles. The predicted molar refractivity (Wildman–Crippen MR) is 102 cm³/mol. The van der Waals surface area contributed by atoms with E-state index in [1.807, 2.05) is 6.07 Å². The molecular weight excluding hydrogens is 378 g/mol. The number of pyridine rings is 1. The topological polar surface area (TPSA) is 108 Å². The van der Waals surface area contributed by atoms with Crippen molar-refractivity contribution < 1.29 is 13.2 Å². The highest BCUT2D eigenvalue weighted by Gasteiger charge is 2.49. The van der Waals surface area contributed by atoms with Gasteiger partial charge in [0.2, 0.25) is 5.91 Å². The Morgan fingerprint density at radius 3 is 2.79 bits per heavy atom. The Hall–Kier alpha value is -2.26. The molecule has 6 rings (SSSR count). The number of carbonyl (C=O) groups is 1. The molecule has 2 saturated heterocycles. The van der Waals surface area contributed by atoms with Crippen LogP contribution in [0.3, 0.4) is 0 Å². The Morgan fingerprint density at radius 1 is 1.21 bits per heavy atom. The summed E-state index contributed by atoms with van der Waals surface area (Å²) in [6.07, 6.45) is 6.16. The highest BCUT2D eigenvalue weighted by atomic mass is 32.2. The molecule has 2 aromatic rings. The van der Waals surface area contributed by atoms with Gasteiger partial charge in [-0.05, 0) is 50.2 Å². The minimum atomic E-state index is -3.71. The van der Waals surface area contributed by atoms with Crippen LogP contribution in [0.25, 0.3) is 0 Å². The van der Waals surface area contributed by atoms with Crippen LogP contribution in [0.1, 0.15) is 43.7 Å². The van der Waals surface area contributed by atoms with E-state index < -0.39 is 10.0 Å². The second kappa shape index (κ2) is 6.66. The molecule has 0 aromatic carbocycles. The normalized spacial score (nSPS) is 27.6. The quantitative estimate of drug-likeness (QED) is 0.798. The van der Waals surface area contributed by atoms with E-state index in [1.165, 1.54) is 16.6 Å². The number of hydrogen-bond donors (Lipinski definition) is 2. The molecule has 2 N–H and O–H groups in total. The van der Waals surface area contributed by atoms with Crippen LogP contribution in [0.5, 0.6) is 0 Å².